The van der Waals surface area contributed by atoms with Crippen LogP contribution in [0.3, 0.4) is 0 Å². The number of hydrogen-bond donors (Lipinski definition) is 1. The number of carbonyl (C=O) groups is 1. The maximum atomic E-state index is 12.3. The highest BCUT2D eigenvalue weighted by Gasteiger charge is 2.29. The average Bonchev–Trinajstić information content (AvgIpc) is 3.01. The molecule has 1 amide bonds. The number of hydrogen-bond acceptors (Lipinski definition) is 4. The van der Waals surface area contributed by atoms with Crippen LogP contribution in [0.1, 0.15) is 23.1 Å². The van der Waals surface area contributed by atoms with Crippen molar-refractivity contribution in [2.45, 2.75) is 32.8 Å². The number of amides is 1. The standard InChI is InChI=1S/C15H15ClN2O2S/c1-3-11-8(2)21-15(17-11)18-14(19)13-7-9-6-10(16)4-5-12(9)20-13/h4-6,13H,3,7H2,1-2H3,(H,17,18,19)/t13-/m1/s1. The van der Waals surface area contributed by atoms with Crippen molar-refractivity contribution in [2.75, 3.05) is 5.32 Å². The maximum Gasteiger partial charge on any atom is 0.267 e. The van der Waals surface area contributed by atoms with Crippen molar-refractivity contribution in [3.8, 4) is 5.75 Å². The minimum atomic E-state index is -0.521. The first-order chi connectivity index (χ1) is 10.1. The number of ether oxygens (including phenoxy) is 1. The van der Waals surface area contributed by atoms with Crippen LogP contribution in [0.25, 0.3) is 0 Å². The third-order valence-electron chi connectivity index (χ3n) is 3.45. The van der Waals surface area contributed by atoms with Gasteiger partial charge >= 0.3 is 0 Å². The summed E-state index contributed by atoms with van der Waals surface area (Å²) in [6.07, 6.45) is 0.877. The van der Waals surface area contributed by atoms with Gasteiger partial charge in [-0.15, -0.1) is 11.3 Å². The zero-order valence-electron chi connectivity index (χ0n) is 11.8. The molecule has 1 aliphatic heterocycles. The number of aromatic nitrogens is 1. The van der Waals surface area contributed by atoms with E-state index in [4.69, 9.17) is 16.3 Å². The van der Waals surface area contributed by atoms with Gasteiger partial charge in [-0.25, -0.2) is 4.98 Å². The largest absolute Gasteiger partial charge is 0.480 e. The lowest BCUT2D eigenvalue weighted by molar-refractivity contribution is -0.122. The SMILES string of the molecule is CCc1nc(NC(=O)[C@H]2Cc3cc(Cl)ccc3O2)sc1C. The highest BCUT2D eigenvalue weighted by atomic mass is 35.5. The van der Waals surface area contributed by atoms with E-state index < -0.39 is 6.10 Å². The fourth-order valence-electron chi connectivity index (χ4n) is 2.36. The van der Waals surface area contributed by atoms with Crippen molar-refractivity contribution in [1.82, 2.24) is 4.98 Å². The molecule has 2 aromatic rings. The smallest absolute Gasteiger partial charge is 0.267 e. The first-order valence-corrected chi connectivity index (χ1v) is 7.98. The number of halogens is 1. The topological polar surface area (TPSA) is 51.2 Å². The van der Waals surface area contributed by atoms with Crippen molar-refractivity contribution in [1.29, 1.82) is 0 Å². The number of nitrogens with one attached hydrogen (secondary N) is 1. The van der Waals surface area contributed by atoms with E-state index in [1.165, 1.54) is 11.3 Å². The molecule has 110 valence electrons. The number of thiazole rings is 1. The van der Waals surface area contributed by atoms with Crippen LogP contribution in [0, 0.1) is 6.92 Å². The van der Waals surface area contributed by atoms with Gasteiger partial charge in [0.05, 0.1) is 5.69 Å². The van der Waals surface area contributed by atoms with Crippen LogP contribution in [0.5, 0.6) is 5.75 Å². The first kappa shape index (κ1) is 14.4. The quantitative estimate of drug-likeness (QED) is 0.939. The van der Waals surface area contributed by atoms with Crippen molar-refractivity contribution < 1.29 is 9.53 Å². The zero-order chi connectivity index (χ0) is 15.0. The normalized spacial score (nSPS) is 16.4. The van der Waals surface area contributed by atoms with Crippen LogP contribution in [-0.2, 0) is 17.6 Å². The second kappa shape index (κ2) is 5.66. The Morgan fingerprint density at radius 2 is 2.38 bits per heavy atom. The van der Waals surface area contributed by atoms with Crippen LogP contribution in [0.2, 0.25) is 5.02 Å². The third-order valence-corrected chi connectivity index (χ3v) is 4.61. The van der Waals surface area contributed by atoms with Gasteiger partial charge in [0.15, 0.2) is 11.2 Å². The highest BCUT2D eigenvalue weighted by molar-refractivity contribution is 7.15. The second-order valence-corrected chi connectivity index (χ2v) is 6.57. The Morgan fingerprint density at radius 1 is 1.57 bits per heavy atom. The molecule has 6 heteroatoms. The molecule has 1 aromatic heterocycles. The molecule has 0 bridgehead atoms. The summed E-state index contributed by atoms with van der Waals surface area (Å²) in [6.45, 7) is 4.06. The number of fused-ring (bicyclic) bond motifs is 1. The Bertz CT molecular complexity index is 699. The molecule has 1 aromatic carbocycles. The number of benzene rings is 1. The van der Waals surface area contributed by atoms with Crippen LogP contribution < -0.4 is 10.1 Å². The van der Waals surface area contributed by atoms with Gasteiger partial charge in [0, 0.05) is 16.3 Å². The summed E-state index contributed by atoms with van der Waals surface area (Å²) in [5.41, 5.74) is 1.99. The van der Waals surface area contributed by atoms with E-state index in [-0.39, 0.29) is 5.91 Å². The molecule has 0 saturated carbocycles. The van der Waals surface area contributed by atoms with Crippen molar-refractivity contribution in [2.24, 2.45) is 0 Å². The summed E-state index contributed by atoms with van der Waals surface area (Å²) in [4.78, 5) is 17.8. The lowest BCUT2D eigenvalue weighted by atomic mass is 10.1. The molecule has 0 unspecified atom stereocenters. The van der Waals surface area contributed by atoms with Crippen molar-refractivity contribution in [3.63, 3.8) is 0 Å². The molecular formula is C15H15ClN2O2S. The van der Waals surface area contributed by atoms with E-state index in [1.54, 1.807) is 12.1 Å². The van der Waals surface area contributed by atoms with E-state index >= 15 is 0 Å². The fraction of sp³-hybridized carbons (Fsp3) is 0.333. The molecule has 2 heterocycles. The number of aryl methyl sites for hydroxylation is 2. The Morgan fingerprint density at radius 3 is 3.10 bits per heavy atom. The summed E-state index contributed by atoms with van der Waals surface area (Å²) in [6, 6.07) is 5.40. The van der Waals surface area contributed by atoms with Gasteiger partial charge in [-0.05, 0) is 37.1 Å². The molecule has 0 fully saturated rings. The van der Waals surface area contributed by atoms with E-state index in [0.717, 1.165) is 28.3 Å². The lowest BCUT2D eigenvalue weighted by Gasteiger charge is -2.09. The fourth-order valence-corrected chi connectivity index (χ4v) is 3.46. The van der Waals surface area contributed by atoms with Crippen molar-refractivity contribution in [3.05, 3.63) is 39.4 Å². The van der Waals surface area contributed by atoms with Crippen molar-refractivity contribution >= 4 is 34.0 Å². The molecule has 1 aliphatic rings. The summed E-state index contributed by atoms with van der Waals surface area (Å²) in [5.74, 6) is 0.558. The van der Waals surface area contributed by atoms with Gasteiger partial charge in [0.1, 0.15) is 5.75 Å². The minimum absolute atomic E-state index is 0.168. The molecule has 21 heavy (non-hydrogen) atoms. The first-order valence-electron chi connectivity index (χ1n) is 6.79. The Balaban J connectivity index is 1.70. The average molecular weight is 323 g/mol. The Kier molecular flexibility index (Phi) is 3.87. The maximum absolute atomic E-state index is 12.3. The highest BCUT2D eigenvalue weighted by Crippen LogP contribution is 2.32. The summed E-state index contributed by atoms with van der Waals surface area (Å²) in [5, 5.41) is 4.12. The van der Waals surface area contributed by atoms with E-state index in [9.17, 15) is 4.79 Å². The molecule has 0 aliphatic carbocycles. The van der Waals surface area contributed by atoms with E-state index in [0.29, 0.717) is 16.6 Å². The third kappa shape index (κ3) is 2.89. The molecule has 3 rings (SSSR count). The summed E-state index contributed by atoms with van der Waals surface area (Å²) >= 11 is 7.44. The molecular weight excluding hydrogens is 308 g/mol. The molecule has 1 N–H and O–H groups in total. The van der Waals surface area contributed by atoms with Gasteiger partial charge in [0.2, 0.25) is 0 Å². The summed E-state index contributed by atoms with van der Waals surface area (Å²) in [7, 11) is 0. The minimum Gasteiger partial charge on any atom is -0.480 e. The molecule has 4 nitrogen and oxygen atoms in total. The lowest BCUT2D eigenvalue weighted by Crippen LogP contribution is -2.31. The van der Waals surface area contributed by atoms with Crippen LogP contribution in [0.4, 0.5) is 5.13 Å². The van der Waals surface area contributed by atoms with Crippen LogP contribution >= 0.6 is 22.9 Å². The van der Waals surface area contributed by atoms with Gasteiger partial charge in [-0.3, -0.25) is 10.1 Å². The molecule has 0 spiro atoms. The van der Waals surface area contributed by atoms with Gasteiger partial charge < -0.3 is 4.74 Å². The summed E-state index contributed by atoms with van der Waals surface area (Å²) < 4.78 is 5.67. The predicted octanol–water partition coefficient (Wildman–Crippen LogP) is 3.61. The zero-order valence-corrected chi connectivity index (χ0v) is 13.3. The van der Waals surface area contributed by atoms with Crippen LogP contribution in [-0.4, -0.2) is 17.0 Å². The molecule has 0 saturated heterocycles. The number of nitrogens with zero attached hydrogens (tertiary/aromatic N) is 1. The Hall–Kier alpha value is -1.59. The monoisotopic (exact) mass is 322 g/mol. The van der Waals surface area contributed by atoms with E-state index in [2.05, 4.69) is 10.3 Å². The van der Waals surface area contributed by atoms with Gasteiger partial charge in [-0.2, -0.15) is 0 Å². The number of rotatable bonds is 3. The Labute approximate surface area is 132 Å². The molecule has 1 atom stereocenters. The molecule has 0 radical (unpaired) electrons. The van der Waals surface area contributed by atoms with E-state index in [1.807, 2.05) is 19.9 Å². The number of anilines is 1. The number of carbonyl (C=O) groups excluding carboxylic acids is 1. The second-order valence-electron chi connectivity index (χ2n) is 4.93. The van der Waals surface area contributed by atoms with Crippen LogP contribution in [0.15, 0.2) is 18.2 Å². The predicted molar refractivity (Wildman–Crippen MR) is 84.4 cm³/mol. The van der Waals surface area contributed by atoms with Gasteiger partial charge in [-0.1, -0.05) is 18.5 Å². The van der Waals surface area contributed by atoms with Gasteiger partial charge in [0.25, 0.3) is 5.91 Å².